The number of fused-ring (bicyclic) bond motifs is 1. The number of hydrogen-bond donors (Lipinski definition) is 1. The number of amides is 1. The van der Waals surface area contributed by atoms with Crippen molar-refractivity contribution in [2.45, 2.75) is 32.2 Å². The molecule has 3 heterocycles. The first kappa shape index (κ1) is 19.5. The third kappa shape index (κ3) is 4.38. The number of nitrogens with zero attached hydrogens (tertiary/aromatic N) is 4. The highest BCUT2D eigenvalue weighted by molar-refractivity contribution is 5.84. The van der Waals surface area contributed by atoms with Gasteiger partial charge >= 0.3 is 0 Å². The van der Waals surface area contributed by atoms with Crippen LogP contribution in [-0.4, -0.2) is 43.6 Å². The average molecular weight is 414 g/mol. The largest absolute Gasteiger partial charge is 0.361 e. The van der Waals surface area contributed by atoms with E-state index in [1.165, 1.54) is 16.5 Å². The second-order valence-electron chi connectivity index (χ2n) is 8.42. The van der Waals surface area contributed by atoms with E-state index in [9.17, 15) is 4.79 Å². The number of hydrogen-bond acceptors (Lipinski definition) is 3. The van der Waals surface area contributed by atoms with Gasteiger partial charge in [-0.1, -0.05) is 48.5 Å². The van der Waals surface area contributed by atoms with Gasteiger partial charge in [-0.05, 0) is 36.0 Å². The SMILES string of the molecule is O=C(CCc1c[nH]c2ccccc12)N1CCC(Cc2nncn2Cc2ccccc2)C1. The molecular formula is C25H27N5O. The number of aromatic nitrogens is 4. The van der Waals surface area contributed by atoms with Gasteiger partial charge in [-0.2, -0.15) is 0 Å². The van der Waals surface area contributed by atoms with Gasteiger partial charge in [-0.25, -0.2) is 0 Å². The van der Waals surface area contributed by atoms with Gasteiger partial charge in [-0.3, -0.25) is 4.79 Å². The number of benzene rings is 2. The summed E-state index contributed by atoms with van der Waals surface area (Å²) in [5, 5.41) is 9.69. The summed E-state index contributed by atoms with van der Waals surface area (Å²) in [6.45, 7) is 2.43. The molecule has 1 fully saturated rings. The van der Waals surface area contributed by atoms with Crippen LogP contribution < -0.4 is 0 Å². The smallest absolute Gasteiger partial charge is 0.222 e. The maximum absolute atomic E-state index is 12.8. The van der Waals surface area contributed by atoms with E-state index in [0.29, 0.717) is 12.3 Å². The van der Waals surface area contributed by atoms with Crippen LogP contribution in [0.4, 0.5) is 0 Å². The lowest BCUT2D eigenvalue weighted by atomic mass is 10.0. The first-order valence-electron chi connectivity index (χ1n) is 11.0. The Morgan fingerprint density at radius 2 is 1.94 bits per heavy atom. The van der Waals surface area contributed by atoms with Crippen molar-refractivity contribution < 1.29 is 4.79 Å². The molecule has 0 bridgehead atoms. The minimum absolute atomic E-state index is 0.249. The Morgan fingerprint density at radius 1 is 1.10 bits per heavy atom. The van der Waals surface area contributed by atoms with Gasteiger partial charge in [0.2, 0.25) is 5.91 Å². The molecule has 1 aliphatic heterocycles. The van der Waals surface area contributed by atoms with Crippen LogP contribution in [0.2, 0.25) is 0 Å². The predicted molar refractivity (Wildman–Crippen MR) is 121 cm³/mol. The Bertz CT molecular complexity index is 1160. The van der Waals surface area contributed by atoms with E-state index in [1.807, 2.05) is 29.3 Å². The first-order valence-corrected chi connectivity index (χ1v) is 11.0. The molecule has 6 nitrogen and oxygen atoms in total. The zero-order chi connectivity index (χ0) is 21.0. The highest BCUT2D eigenvalue weighted by Crippen LogP contribution is 2.23. The zero-order valence-electron chi connectivity index (χ0n) is 17.6. The molecule has 0 spiro atoms. The lowest BCUT2D eigenvalue weighted by Crippen LogP contribution is -2.29. The molecule has 1 N–H and O–H groups in total. The molecule has 0 aliphatic carbocycles. The van der Waals surface area contributed by atoms with E-state index in [0.717, 1.165) is 50.2 Å². The number of rotatable bonds is 7. The van der Waals surface area contributed by atoms with Gasteiger partial charge in [0.15, 0.2) is 0 Å². The molecule has 2 aromatic carbocycles. The first-order chi connectivity index (χ1) is 15.3. The van der Waals surface area contributed by atoms with Gasteiger partial charge in [0.25, 0.3) is 0 Å². The van der Waals surface area contributed by atoms with Crippen LogP contribution in [0.25, 0.3) is 10.9 Å². The summed E-state index contributed by atoms with van der Waals surface area (Å²) in [6, 6.07) is 18.6. The molecule has 31 heavy (non-hydrogen) atoms. The Kier molecular flexibility index (Phi) is 5.52. The van der Waals surface area contributed by atoms with Crippen LogP contribution in [0.3, 0.4) is 0 Å². The summed E-state index contributed by atoms with van der Waals surface area (Å²) in [7, 11) is 0. The van der Waals surface area contributed by atoms with Crippen LogP contribution >= 0.6 is 0 Å². The molecule has 1 unspecified atom stereocenters. The summed E-state index contributed by atoms with van der Waals surface area (Å²) in [4.78, 5) is 18.1. The fraction of sp³-hybridized carbons (Fsp3) is 0.320. The predicted octanol–water partition coefficient (Wildman–Crippen LogP) is 3.83. The molecule has 158 valence electrons. The fourth-order valence-electron chi connectivity index (χ4n) is 4.57. The van der Waals surface area contributed by atoms with Crippen molar-refractivity contribution in [3.05, 3.63) is 84.1 Å². The van der Waals surface area contributed by atoms with E-state index >= 15 is 0 Å². The molecule has 0 saturated carbocycles. The Hall–Kier alpha value is -3.41. The van der Waals surface area contributed by atoms with Crippen molar-refractivity contribution in [2.75, 3.05) is 13.1 Å². The van der Waals surface area contributed by atoms with E-state index in [-0.39, 0.29) is 5.91 Å². The maximum atomic E-state index is 12.8. The Labute approximate surface area is 181 Å². The monoisotopic (exact) mass is 413 g/mol. The summed E-state index contributed by atoms with van der Waals surface area (Å²) in [6.07, 6.45) is 7.05. The number of H-pyrrole nitrogens is 1. The highest BCUT2D eigenvalue weighted by atomic mass is 16.2. The van der Waals surface area contributed by atoms with Gasteiger partial charge in [0, 0.05) is 43.0 Å². The van der Waals surface area contributed by atoms with Gasteiger partial charge in [-0.15, -0.1) is 10.2 Å². The number of para-hydroxylation sites is 1. The highest BCUT2D eigenvalue weighted by Gasteiger charge is 2.27. The van der Waals surface area contributed by atoms with Crippen molar-refractivity contribution >= 4 is 16.8 Å². The quantitative estimate of drug-likeness (QED) is 0.501. The fourth-order valence-corrected chi connectivity index (χ4v) is 4.57. The Morgan fingerprint density at radius 3 is 2.84 bits per heavy atom. The maximum Gasteiger partial charge on any atom is 0.222 e. The van der Waals surface area contributed by atoms with E-state index in [2.05, 4.69) is 56.1 Å². The minimum Gasteiger partial charge on any atom is -0.361 e. The van der Waals surface area contributed by atoms with E-state index in [1.54, 1.807) is 6.33 Å². The summed E-state index contributed by atoms with van der Waals surface area (Å²) in [5.74, 6) is 1.69. The van der Waals surface area contributed by atoms with Gasteiger partial charge in [0.1, 0.15) is 12.2 Å². The lowest BCUT2D eigenvalue weighted by molar-refractivity contribution is -0.130. The van der Waals surface area contributed by atoms with Crippen molar-refractivity contribution in [1.29, 1.82) is 0 Å². The van der Waals surface area contributed by atoms with Crippen LogP contribution in [0.1, 0.15) is 29.8 Å². The van der Waals surface area contributed by atoms with Crippen molar-refractivity contribution in [3.8, 4) is 0 Å². The van der Waals surface area contributed by atoms with Crippen LogP contribution in [0, 0.1) is 5.92 Å². The second kappa shape index (κ2) is 8.76. The number of nitrogens with one attached hydrogen (secondary N) is 1. The molecule has 6 heteroatoms. The van der Waals surface area contributed by atoms with Gasteiger partial charge < -0.3 is 14.5 Å². The third-order valence-corrected chi connectivity index (χ3v) is 6.28. The zero-order valence-corrected chi connectivity index (χ0v) is 17.6. The van der Waals surface area contributed by atoms with Crippen molar-refractivity contribution in [2.24, 2.45) is 5.92 Å². The number of carbonyl (C=O) groups is 1. The van der Waals surface area contributed by atoms with Crippen LogP contribution in [0.5, 0.6) is 0 Å². The molecule has 1 saturated heterocycles. The summed E-state index contributed by atoms with van der Waals surface area (Å²) >= 11 is 0. The Balaban J connectivity index is 1.15. The average Bonchev–Trinajstić information content (AvgIpc) is 3.54. The summed E-state index contributed by atoms with van der Waals surface area (Å²) < 4.78 is 2.12. The normalized spacial score (nSPS) is 16.3. The van der Waals surface area contributed by atoms with Crippen LogP contribution in [-0.2, 0) is 24.2 Å². The number of carbonyl (C=O) groups excluding carboxylic acids is 1. The molecule has 5 rings (SSSR count). The molecule has 0 radical (unpaired) electrons. The lowest BCUT2D eigenvalue weighted by Gasteiger charge is -2.16. The standard InChI is InChI=1S/C25H27N5O/c31-25(11-10-21-15-26-23-9-5-4-8-22(21)23)29-13-12-20(17-29)14-24-28-27-18-30(24)16-19-6-2-1-3-7-19/h1-9,15,18,20,26H,10-14,16-17H2. The molecule has 4 aromatic rings. The molecular weight excluding hydrogens is 386 g/mol. The van der Waals surface area contributed by atoms with E-state index < -0.39 is 0 Å². The molecule has 2 aromatic heterocycles. The summed E-state index contributed by atoms with van der Waals surface area (Å²) in [5.41, 5.74) is 3.59. The van der Waals surface area contributed by atoms with E-state index in [4.69, 9.17) is 0 Å². The molecule has 1 atom stereocenters. The molecule has 1 amide bonds. The topological polar surface area (TPSA) is 66.8 Å². The second-order valence-corrected chi connectivity index (χ2v) is 8.42. The van der Waals surface area contributed by atoms with Gasteiger partial charge in [0.05, 0.1) is 6.54 Å². The van der Waals surface area contributed by atoms with Crippen molar-refractivity contribution in [1.82, 2.24) is 24.6 Å². The van der Waals surface area contributed by atoms with Crippen molar-refractivity contribution in [3.63, 3.8) is 0 Å². The van der Waals surface area contributed by atoms with Crippen LogP contribution in [0.15, 0.2) is 67.1 Å². The minimum atomic E-state index is 0.249. The number of aryl methyl sites for hydroxylation is 1. The molecule has 1 aliphatic rings. The third-order valence-electron chi connectivity index (χ3n) is 6.28. The number of aromatic amines is 1. The number of likely N-dealkylation sites (tertiary alicyclic amines) is 1.